The van der Waals surface area contributed by atoms with Gasteiger partial charge in [0.2, 0.25) is 0 Å². The lowest BCUT2D eigenvalue weighted by Crippen LogP contribution is -1.77. The molecule has 0 amide bonds. The van der Waals surface area contributed by atoms with Gasteiger partial charge in [0.05, 0.1) is 5.52 Å². The van der Waals surface area contributed by atoms with E-state index in [-0.39, 0.29) is 0 Å². The highest BCUT2D eigenvalue weighted by Gasteiger charge is 1.88. The van der Waals surface area contributed by atoms with Crippen molar-refractivity contribution in [2.45, 2.75) is 0 Å². The van der Waals surface area contributed by atoms with Crippen molar-refractivity contribution in [1.82, 2.24) is 15.0 Å². The number of fused-ring (bicyclic) bond motifs is 2. The van der Waals surface area contributed by atoms with Gasteiger partial charge in [-0.15, -0.1) is 0 Å². The molecule has 4 aromatic rings. The summed E-state index contributed by atoms with van der Waals surface area (Å²) in [6.45, 7) is 0. The van der Waals surface area contributed by atoms with E-state index >= 15 is 0 Å². The molecule has 0 spiro atoms. The van der Waals surface area contributed by atoms with Gasteiger partial charge in [0.1, 0.15) is 6.33 Å². The molecule has 2 aromatic carbocycles. The van der Waals surface area contributed by atoms with Crippen LogP contribution in [0.4, 0.5) is 0 Å². The predicted octanol–water partition coefficient (Wildman–Crippen LogP) is 3.86. The average molecular weight is 259 g/mol. The van der Waals surface area contributed by atoms with E-state index in [1.54, 1.807) is 6.33 Å². The van der Waals surface area contributed by atoms with Crippen molar-refractivity contribution in [1.29, 1.82) is 0 Å². The second-order valence-corrected chi connectivity index (χ2v) is 4.30. The smallest absolute Gasteiger partial charge is 0.116 e. The summed E-state index contributed by atoms with van der Waals surface area (Å²) in [7, 11) is 0. The minimum atomic E-state index is 0.998. The predicted molar refractivity (Wildman–Crippen MR) is 81.3 cm³/mol. The Hall–Kier alpha value is -2.81. The molecule has 0 bridgehead atoms. The molecule has 0 N–H and O–H groups in total. The van der Waals surface area contributed by atoms with Crippen LogP contribution < -0.4 is 0 Å². The van der Waals surface area contributed by atoms with Crippen LogP contribution in [0, 0.1) is 0 Å². The topological polar surface area (TPSA) is 38.7 Å². The molecule has 0 unspecified atom stereocenters. The molecular weight excluding hydrogens is 246 g/mol. The standard InChI is InChI=1S/C9H7N.C8H6N2/c1-2-4-9-7-10-6-5-8(9)3-1;1-2-4-8-7(3-1)5-9-6-10-8/h1-7H;1-6H. The van der Waals surface area contributed by atoms with Crippen molar-refractivity contribution in [3.05, 3.63) is 79.5 Å². The molecule has 3 nitrogen and oxygen atoms in total. The largest absolute Gasteiger partial charge is 0.264 e. The van der Waals surface area contributed by atoms with E-state index in [0.717, 1.165) is 10.9 Å². The summed E-state index contributed by atoms with van der Waals surface area (Å²) >= 11 is 0. The number of rotatable bonds is 0. The molecule has 0 aliphatic carbocycles. The molecule has 20 heavy (non-hydrogen) atoms. The van der Waals surface area contributed by atoms with Gasteiger partial charge >= 0.3 is 0 Å². The zero-order valence-electron chi connectivity index (χ0n) is 10.8. The molecule has 0 aliphatic heterocycles. The van der Waals surface area contributed by atoms with E-state index in [2.05, 4.69) is 27.1 Å². The number of hydrogen-bond donors (Lipinski definition) is 0. The van der Waals surface area contributed by atoms with Crippen molar-refractivity contribution >= 4 is 21.7 Å². The molecule has 2 aromatic heterocycles. The molecule has 2 heterocycles. The van der Waals surface area contributed by atoms with E-state index in [1.165, 1.54) is 10.8 Å². The van der Waals surface area contributed by atoms with Gasteiger partial charge in [-0.25, -0.2) is 9.97 Å². The van der Waals surface area contributed by atoms with Crippen molar-refractivity contribution in [3.63, 3.8) is 0 Å². The lowest BCUT2D eigenvalue weighted by molar-refractivity contribution is 1.22. The van der Waals surface area contributed by atoms with Crippen LogP contribution in [0.25, 0.3) is 21.7 Å². The van der Waals surface area contributed by atoms with E-state index in [9.17, 15) is 0 Å². The Morgan fingerprint density at radius 2 is 1.30 bits per heavy atom. The molecule has 0 saturated carbocycles. The molecule has 0 atom stereocenters. The third-order valence-electron chi connectivity index (χ3n) is 2.96. The third kappa shape index (κ3) is 2.78. The summed E-state index contributed by atoms with van der Waals surface area (Å²) in [5.74, 6) is 0. The van der Waals surface area contributed by atoms with Crippen LogP contribution in [-0.4, -0.2) is 15.0 Å². The summed E-state index contributed by atoms with van der Waals surface area (Å²) in [5, 5.41) is 3.53. The summed E-state index contributed by atoms with van der Waals surface area (Å²) in [6, 6.07) is 18.1. The maximum atomic E-state index is 4.07. The van der Waals surface area contributed by atoms with Crippen LogP contribution in [0.2, 0.25) is 0 Å². The molecule has 0 fully saturated rings. The molecular formula is C17H13N3. The highest BCUT2D eigenvalue weighted by Crippen LogP contribution is 2.09. The second-order valence-electron chi connectivity index (χ2n) is 4.30. The summed E-state index contributed by atoms with van der Waals surface area (Å²) < 4.78 is 0. The zero-order chi connectivity index (χ0) is 13.6. The first-order valence-corrected chi connectivity index (χ1v) is 6.37. The van der Waals surface area contributed by atoms with E-state index in [0.29, 0.717) is 0 Å². The Bertz CT molecular complexity index is 625. The first-order chi connectivity index (χ1) is 9.93. The number of nitrogens with zero attached hydrogens (tertiary/aromatic N) is 3. The fraction of sp³-hybridized carbons (Fsp3) is 0. The van der Waals surface area contributed by atoms with Gasteiger partial charge in [0.25, 0.3) is 0 Å². The van der Waals surface area contributed by atoms with E-state index in [4.69, 9.17) is 0 Å². The Balaban J connectivity index is 0.000000121. The van der Waals surface area contributed by atoms with Crippen molar-refractivity contribution < 1.29 is 0 Å². The normalized spacial score (nSPS) is 10.0. The highest BCUT2D eigenvalue weighted by molar-refractivity contribution is 5.81. The zero-order valence-corrected chi connectivity index (χ0v) is 10.8. The summed E-state index contributed by atoms with van der Waals surface area (Å²) in [6.07, 6.45) is 7.04. The molecule has 0 aliphatic rings. The van der Waals surface area contributed by atoms with Crippen LogP contribution in [0.15, 0.2) is 79.5 Å². The second kappa shape index (κ2) is 5.89. The first-order valence-electron chi connectivity index (χ1n) is 6.37. The Labute approximate surface area is 117 Å². The van der Waals surface area contributed by atoms with Gasteiger partial charge in [-0.1, -0.05) is 42.5 Å². The summed E-state index contributed by atoms with van der Waals surface area (Å²) in [4.78, 5) is 12.0. The van der Waals surface area contributed by atoms with Crippen LogP contribution in [0.3, 0.4) is 0 Å². The van der Waals surface area contributed by atoms with E-state index < -0.39 is 0 Å². The lowest BCUT2D eigenvalue weighted by Gasteiger charge is -1.91. The molecule has 3 heteroatoms. The maximum Gasteiger partial charge on any atom is 0.116 e. The Kier molecular flexibility index (Phi) is 3.60. The van der Waals surface area contributed by atoms with Gasteiger partial charge in [-0.3, -0.25) is 4.98 Å². The van der Waals surface area contributed by atoms with Crippen molar-refractivity contribution in [3.8, 4) is 0 Å². The minimum absolute atomic E-state index is 0.998. The number of pyridine rings is 1. The molecule has 96 valence electrons. The third-order valence-corrected chi connectivity index (χ3v) is 2.96. The quantitative estimate of drug-likeness (QED) is 0.481. The average Bonchev–Trinajstić information content (AvgIpc) is 2.56. The lowest BCUT2D eigenvalue weighted by atomic mass is 10.2. The first kappa shape index (κ1) is 12.2. The van der Waals surface area contributed by atoms with Crippen molar-refractivity contribution in [2.24, 2.45) is 0 Å². The van der Waals surface area contributed by atoms with Crippen LogP contribution in [0.5, 0.6) is 0 Å². The number of benzene rings is 2. The fourth-order valence-electron chi connectivity index (χ4n) is 1.95. The number of para-hydroxylation sites is 1. The fourth-order valence-corrected chi connectivity index (χ4v) is 1.95. The molecule has 4 rings (SSSR count). The SMILES string of the molecule is c1ccc2cnccc2c1.c1ccc2ncncc2c1. The minimum Gasteiger partial charge on any atom is -0.264 e. The van der Waals surface area contributed by atoms with Gasteiger partial charge in [-0.2, -0.15) is 0 Å². The van der Waals surface area contributed by atoms with Gasteiger partial charge in [0, 0.05) is 24.0 Å². The van der Waals surface area contributed by atoms with E-state index in [1.807, 2.05) is 61.1 Å². The monoisotopic (exact) mass is 259 g/mol. The maximum absolute atomic E-state index is 4.07. The van der Waals surface area contributed by atoms with Gasteiger partial charge in [-0.05, 0) is 22.9 Å². The number of aromatic nitrogens is 3. The molecule has 0 saturated heterocycles. The molecule has 0 radical (unpaired) electrons. The van der Waals surface area contributed by atoms with Crippen LogP contribution >= 0.6 is 0 Å². The Morgan fingerprint density at radius 1 is 0.600 bits per heavy atom. The van der Waals surface area contributed by atoms with Crippen molar-refractivity contribution in [2.75, 3.05) is 0 Å². The van der Waals surface area contributed by atoms with Gasteiger partial charge in [0.15, 0.2) is 0 Å². The summed E-state index contributed by atoms with van der Waals surface area (Å²) in [5.41, 5.74) is 0.998. The van der Waals surface area contributed by atoms with Crippen LogP contribution in [-0.2, 0) is 0 Å². The number of hydrogen-bond acceptors (Lipinski definition) is 3. The highest BCUT2D eigenvalue weighted by atomic mass is 14.8. The van der Waals surface area contributed by atoms with Gasteiger partial charge < -0.3 is 0 Å². The van der Waals surface area contributed by atoms with Crippen LogP contribution in [0.1, 0.15) is 0 Å². The Morgan fingerprint density at radius 3 is 2.10 bits per heavy atom.